The van der Waals surface area contributed by atoms with Gasteiger partial charge < -0.3 is 10.1 Å². The molecule has 0 amide bonds. The molecule has 2 nitrogen and oxygen atoms in total. The van der Waals surface area contributed by atoms with E-state index in [1.165, 1.54) is 16.3 Å². The third kappa shape index (κ3) is 4.49. The lowest BCUT2D eigenvalue weighted by Crippen LogP contribution is -2.19. The van der Waals surface area contributed by atoms with Crippen LogP contribution in [0.15, 0.2) is 42.5 Å². The number of benzene rings is 2. The maximum atomic E-state index is 10.8. The van der Waals surface area contributed by atoms with Crippen LogP contribution in [0.25, 0.3) is 10.8 Å². The molecule has 0 saturated carbocycles. The second-order valence-electron chi connectivity index (χ2n) is 4.99. The van der Waals surface area contributed by atoms with Crippen molar-refractivity contribution in [2.75, 3.05) is 13.1 Å². The van der Waals surface area contributed by atoms with Crippen molar-refractivity contribution in [2.24, 2.45) is 0 Å². The van der Waals surface area contributed by atoms with Crippen LogP contribution >= 0.6 is 0 Å². The van der Waals surface area contributed by atoms with Gasteiger partial charge in [0.05, 0.1) is 0 Å². The van der Waals surface area contributed by atoms with Gasteiger partial charge in [-0.1, -0.05) is 42.5 Å². The molecule has 100 valence electrons. The van der Waals surface area contributed by atoms with Gasteiger partial charge in [0.25, 0.3) is 0 Å². The van der Waals surface area contributed by atoms with E-state index in [1.54, 1.807) is 6.92 Å². The molecule has 0 radical (unpaired) electrons. The first kappa shape index (κ1) is 13.8. The summed E-state index contributed by atoms with van der Waals surface area (Å²) in [4.78, 5) is 10.8. The van der Waals surface area contributed by atoms with Gasteiger partial charge in [-0.25, -0.2) is 0 Å². The van der Waals surface area contributed by atoms with Crippen molar-refractivity contribution in [1.29, 1.82) is 0 Å². The monoisotopic (exact) mass is 255 g/mol. The molecule has 0 aliphatic carbocycles. The van der Waals surface area contributed by atoms with E-state index in [0.717, 1.165) is 25.9 Å². The summed E-state index contributed by atoms with van der Waals surface area (Å²) in [5.41, 5.74) is 1.36. The van der Waals surface area contributed by atoms with Gasteiger partial charge in [0.1, 0.15) is 5.78 Å². The van der Waals surface area contributed by atoms with Crippen LogP contribution in [0.4, 0.5) is 0 Å². The first-order chi connectivity index (χ1) is 9.25. The van der Waals surface area contributed by atoms with Crippen molar-refractivity contribution in [3.8, 4) is 0 Å². The molecule has 0 fully saturated rings. The molecule has 2 heteroatoms. The van der Waals surface area contributed by atoms with E-state index in [4.69, 9.17) is 0 Å². The molecule has 19 heavy (non-hydrogen) atoms. The summed E-state index contributed by atoms with van der Waals surface area (Å²) in [5.74, 6) is 0.274. The van der Waals surface area contributed by atoms with Crippen molar-refractivity contribution in [3.63, 3.8) is 0 Å². The third-order valence-corrected chi connectivity index (χ3v) is 3.29. The number of nitrogens with one attached hydrogen (secondary N) is 1. The molecule has 0 aliphatic heterocycles. The fraction of sp³-hybridized carbons (Fsp3) is 0.353. The number of ketones is 1. The number of carbonyl (C=O) groups excluding carboxylic acids is 1. The van der Waals surface area contributed by atoms with Crippen LogP contribution in [0.3, 0.4) is 0 Å². The molecule has 0 heterocycles. The fourth-order valence-electron chi connectivity index (χ4n) is 2.21. The summed E-state index contributed by atoms with van der Waals surface area (Å²) >= 11 is 0. The summed E-state index contributed by atoms with van der Waals surface area (Å²) in [7, 11) is 0. The minimum absolute atomic E-state index is 0.274. The van der Waals surface area contributed by atoms with Crippen LogP contribution in [-0.4, -0.2) is 18.9 Å². The number of carbonyl (C=O) groups is 1. The topological polar surface area (TPSA) is 29.1 Å². The third-order valence-electron chi connectivity index (χ3n) is 3.29. The van der Waals surface area contributed by atoms with Gasteiger partial charge in [-0.05, 0) is 49.2 Å². The normalized spacial score (nSPS) is 10.8. The Hall–Kier alpha value is -1.67. The predicted octanol–water partition coefficient (Wildman–Crippen LogP) is 3.34. The average molecular weight is 255 g/mol. The summed E-state index contributed by atoms with van der Waals surface area (Å²) in [6.45, 7) is 3.54. The Bertz CT molecular complexity index is 548. The Kier molecular flexibility index (Phi) is 5.10. The van der Waals surface area contributed by atoms with Gasteiger partial charge in [0.2, 0.25) is 0 Å². The summed E-state index contributed by atoms with van der Waals surface area (Å²) < 4.78 is 0. The largest absolute Gasteiger partial charge is 0.316 e. The van der Waals surface area contributed by atoms with E-state index < -0.39 is 0 Å². The van der Waals surface area contributed by atoms with E-state index in [1.807, 2.05) is 0 Å². The molecule has 0 aromatic heterocycles. The van der Waals surface area contributed by atoms with Gasteiger partial charge in [-0.2, -0.15) is 0 Å². The smallest absolute Gasteiger partial charge is 0.129 e. The lowest BCUT2D eigenvalue weighted by atomic mass is 10.1. The Morgan fingerprint density at radius 2 is 1.84 bits per heavy atom. The summed E-state index contributed by atoms with van der Waals surface area (Å²) in [6, 6.07) is 15.1. The highest BCUT2D eigenvalue weighted by molar-refractivity contribution is 5.82. The number of hydrogen-bond donors (Lipinski definition) is 1. The molecule has 0 bridgehead atoms. The van der Waals surface area contributed by atoms with Gasteiger partial charge >= 0.3 is 0 Å². The zero-order valence-electron chi connectivity index (χ0n) is 11.5. The van der Waals surface area contributed by atoms with Crippen LogP contribution in [0.1, 0.15) is 25.3 Å². The molecular formula is C17H21NO. The lowest BCUT2D eigenvalue weighted by Gasteiger charge is -2.05. The first-order valence-electron chi connectivity index (χ1n) is 6.93. The minimum atomic E-state index is 0.274. The van der Waals surface area contributed by atoms with Crippen molar-refractivity contribution < 1.29 is 4.79 Å². The number of fused-ring (bicyclic) bond motifs is 1. The zero-order chi connectivity index (χ0) is 13.5. The molecule has 0 atom stereocenters. The molecular weight excluding hydrogens is 234 g/mol. The van der Waals surface area contributed by atoms with Gasteiger partial charge in [0, 0.05) is 6.42 Å². The molecule has 0 aliphatic rings. The van der Waals surface area contributed by atoms with Crippen molar-refractivity contribution >= 4 is 16.6 Å². The predicted molar refractivity (Wildman–Crippen MR) is 80.4 cm³/mol. The van der Waals surface area contributed by atoms with Crippen LogP contribution in [0, 0.1) is 0 Å². The van der Waals surface area contributed by atoms with Gasteiger partial charge in [-0.3, -0.25) is 0 Å². The summed E-state index contributed by atoms with van der Waals surface area (Å²) in [6.07, 6.45) is 2.65. The van der Waals surface area contributed by atoms with Crippen LogP contribution in [0.2, 0.25) is 0 Å². The average Bonchev–Trinajstić information content (AvgIpc) is 2.42. The Balaban J connectivity index is 1.77. The quantitative estimate of drug-likeness (QED) is 0.769. The first-order valence-corrected chi connectivity index (χ1v) is 6.93. The Morgan fingerprint density at radius 1 is 1.05 bits per heavy atom. The van der Waals surface area contributed by atoms with E-state index in [9.17, 15) is 4.79 Å². The molecule has 2 rings (SSSR count). The Morgan fingerprint density at radius 3 is 2.63 bits per heavy atom. The van der Waals surface area contributed by atoms with E-state index in [2.05, 4.69) is 47.8 Å². The molecule has 0 saturated heterocycles. The Labute approximate surface area is 114 Å². The number of Topliss-reactive ketones (excluding diaryl/α,β-unsaturated/α-hetero) is 1. The SMILES string of the molecule is CC(=O)CCCNCCc1ccc2ccccc2c1. The second kappa shape index (κ2) is 7.05. The van der Waals surface area contributed by atoms with Crippen molar-refractivity contribution in [3.05, 3.63) is 48.0 Å². The van der Waals surface area contributed by atoms with Crippen molar-refractivity contribution in [2.45, 2.75) is 26.2 Å². The highest BCUT2D eigenvalue weighted by Crippen LogP contribution is 2.15. The molecule has 0 spiro atoms. The van der Waals surface area contributed by atoms with E-state index in [-0.39, 0.29) is 5.78 Å². The van der Waals surface area contributed by atoms with Crippen LogP contribution in [0.5, 0.6) is 0 Å². The maximum Gasteiger partial charge on any atom is 0.129 e. The van der Waals surface area contributed by atoms with E-state index >= 15 is 0 Å². The van der Waals surface area contributed by atoms with Crippen LogP contribution in [-0.2, 0) is 11.2 Å². The molecule has 2 aromatic carbocycles. The van der Waals surface area contributed by atoms with Crippen molar-refractivity contribution in [1.82, 2.24) is 5.32 Å². The number of hydrogen-bond acceptors (Lipinski definition) is 2. The maximum absolute atomic E-state index is 10.8. The molecule has 1 N–H and O–H groups in total. The fourth-order valence-corrected chi connectivity index (χ4v) is 2.21. The molecule has 0 unspecified atom stereocenters. The highest BCUT2D eigenvalue weighted by atomic mass is 16.1. The lowest BCUT2D eigenvalue weighted by molar-refractivity contribution is -0.117. The summed E-state index contributed by atoms with van der Waals surface area (Å²) in [5, 5.41) is 5.98. The second-order valence-corrected chi connectivity index (χ2v) is 4.99. The standard InChI is InChI=1S/C17H21NO/c1-14(19)5-4-11-18-12-10-15-8-9-16-6-2-3-7-17(16)13-15/h2-3,6-9,13,18H,4-5,10-12H2,1H3. The van der Waals surface area contributed by atoms with Crippen LogP contribution < -0.4 is 5.32 Å². The molecule has 2 aromatic rings. The van der Waals surface area contributed by atoms with E-state index in [0.29, 0.717) is 6.42 Å². The van der Waals surface area contributed by atoms with Gasteiger partial charge in [-0.15, -0.1) is 0 Å². The minimum Gasteiger partial charge on any atom is -0.316 e. The van der Waals surface area contributed by atoms with Gasteiger partial charge in [0.15, 0.2) is 0 Å². The zero-order valence-corrected chi connectivity index (χ0v) is 11.5. The highest BCUT2D eigenvalue weighted by Gasteiger charge is 1.97. The number of rotatable bonds is 7.